The van der Waals surface area contributed by atoms with E-state index in [1.165, 1.54) is 43.5 Å². The number of rotatable bonds is 10. The van der Waals surface area contributed by atoms with Crippen LogP contribution in [0.15, 0.2) is 30.3 Å². The number of sulfonamides is 1. The first kappa shape index (κ1) is 26.1. The van der Waals surface area contributed by atoms with Crippen molar-refractivity contribution in [3.63, 3.8) is 0 Å². The van der Waals surface area contributed by atoms with Gasteiger partial charge in [-0.1, -0.05) is 13.8 Å². The Bertz CT molecular complexity index is 1160. The van der Waals surface area contributed by atoms with Crippen LogP contribution in [0.1, 0.15) is 43.9 Å². The number of halogens is 1. The lowest BCUT2D eigenvalue weighted by molar-refractivity contribution is -0.139. The normalized spacial score (nSPS) is 12.8. The smallest absolute Gasteiger partial charge is 0.305 e. The van der Waals surface area contributed by atoms with Crippen LogP contribution in [-0.2, 0) is 19.6 Å². The topological polar surface area (TPSA) is 138 Å². The van der Waals surface area contributed by atoms with Gasteiger partial charge in [0.15, 0.2) is 5.78 Å². The standard InChI is InChI=1S/C22H26FN3O6S/c1-13(2)20-18(10-9-16(27)11-17(28)12-19(29)30)21(14-5-7-15(23)8-6-14)25-22(24-20)26(3)33(4,31)32/h5-10,13,17,28H,11-12H2,1-4H3,(H,29,30)/t17-/m1/s1. The van der Waals surface area contributed by atoms with E-state index in [2.05, 4.69) is 9.97 Å². The number of carboxylic acid groups (broad SMARTS) is 1. The first-order valence-corrected chi connectivity index (χ1v) is 11.9. The maximum absolute atomic E-state index is 13.5. The number of aliphatic hydroxyl groups excluding tert-OH is 1. The number of aromatic nitrogens is 2. The highest BCUT2D eigenvalue weighted by Gasteiger charge is 2.22. The molecule has 0 aliphatic carbocycles. The van der Waals surface area contributed by atoms with Crippen LogP contribution in [0.5, 0.6) is 0 Å². The number of carbonyl (C=O) groups excluding carboxylic acids is 1. The summed E-state index contributed by atoms with van der Waals surface area (Å²) in [6, 6.07) is 5.41. The van der Waals surface area contributed by atoms with Crippen LogP contribution < -0.4 is 4.31 Å². The number of hydrogen-bond acceptors (Lipinski definition) is 7. The van der Waals surface area contributed by atoms with Crippen molar-refractivity contribution in [3.8, 4) is 11.3 Å². The predicted octanol–water partition coefficient (Wildman–Crippen LogP) is 2.61. The lowest BCUT2D eigenvalue weighted by Gasteiger charge is -2.20. The monoisotopic (exact) mass is 479 g/mol. The summed E-state index contributed by atoms with van der Waals surface area (Å²) in [5.41, 5.74) is 1.63. The number of hydrogen-bond donors (Lipinski definition) is 2. The summed E-state index contributed by atoms with van der Waals surface area (Å²) >= 11 is 0. The lowest BCUT2D eigenvalue weighted by Crippen LogP contribution is -2.27. The van der Waals surface area contributed by atoms with Gasteiger partial charge < -0.3 is 10.2 Å². The first-order chi connectivity index (χ1) is 15.3. The Hall–Kier alpha value is -3.18. The minimum absolute atomic E-state index is 0.0825. The molecule has 0 bridgehead atoms. The van der Waals surface area contributed by atoms with Crippen molar-refractivity contribution in [2.75, 3.05) is 17.6 Å². The van der Waals surface area contributed by atoms with E-state index in [4.69, 9.17) is 5.11 Å². The predicted molar refractivity (Wildman–Crippen MR) is 122 cm³/mol. The largest absolute Gasteiger partial charge is 0.481 e. The highest BCUT2D eigenvalue weighted by molar-refractivity contribution is 7.92. The Labute approximate surface area is 191 Å². The second-order valence-corrected chi connectivity index (χ2v) is 9.83. The van der Waals surface area contributed by atoms with Crippen molar-refractivity contribution in [2.45, 2.75) is 38.7 Å². The van der Waals surface area contributed by atoms with Crippen molar-refractivity contribution < 1.29 is 32.6 Å². The van der Waals surface area contributed by atoms with Gasteiger partial charge in [-0.15, -0.1) is 0 Å². The average Bonchev–Trinajstić information content (AvgIpc) is 2.70. The van der Waals surface area contributed by atoms with Gasteiger partial charge in [-0.2, -0.15) is 0 Å². The maximum atomic E-state index is 13.5. The van der Waals surface area contributed by atoms with Gasteiger partial charge in [0.05, 0.1) is 30.2 Å². The van der Waals surface area contributed by atoms with Crippen LogP contribution >= 0.6 is 0 Å². The number of carbonyl (C=O) groups is 2. The summed E-state index contributed by atoms with van der Waals surface area (Å²) < 4.78 is 38.5. The van der Waals surface area contributed by atoms with E-state index in [1.807, 2.05) is 13.8 Å². The van der Waals surface area contributed by atoms with E-state index in [-0.39, 0.29) is 24.0 Å². The fraction of sp³-hybridized carbons (Fsp3) is 0.364. The maximum Gasteiger partial charge on any atom is 0.305 e. The second-order valence-electron chi connectivity index (χ2n) is 7.82. The number of anilines is 1. The number of nitrogens with zero attached hydrogens (tertiary/aromatic N) is 3. The minimum atomic E-state index is -3.67. The van der Waals surface area contributed by atoms with Crippen molar-refractivity contribution in [3.05, 3.63) is 47.4 Å². The van der Waals surface area contributed by atoms with Crippen LogP contribution in [0.25, 0.3) is 17.3 Å². The van der Waals surface area contributed by atoms with Crippen molar-refractivity contribution in [1.82, 2.24) is 9.97 Å². The molecule has 178 valence electrons. The van der Waals surface area contributed by atoms with E-state index in [9.17, 15) is 27.5 Å². The molecule has 0 saturated heterocycles. The van der Waals surface area contributed by atoms with Crippen molar-refractivity contribution >= 4 is 33.8 Å². The van der Waals surface area contributed by atoms with Crippen LogP contribution in [0.3, 0.4) is 0 Å². The molecular formula is C22H26FN3O6S. The number of carboxylic acids is 1. The zero-order valence-electron chi connectivity index (χ0n) is 18.7. The molecule has 2 N–H and O–H groups in total. The highest BCUT2D eigenvalue weighted by atomic mass is 32.2. The van der Waals surface area contributed by atoms with Crippen LogP contribution in [0.2, 0.25) is 0 Å². The first-order valence-electron chi connectivity index (χ1n) is 10.0. The minimum Gasteiger partial charge on any atom is -0.481 e. The fourth-order valence-corrected chi connectivity index (χ4v) is 3.32. The third-order valence-corrected chi connectivity index (χ3v) is 5.85. The van der Waals surface area contributed by atoms with E-state index in [0.29, 0.717) is 16.8 Å². The summed E-state index contributed by atoms with van der Waals surface area (Å²) in [5, 5.41) is 18.4. The molecule has 0 fully saturated rings. The Morgan fingerprint density at radius 3 is 2.27 bits per heavy atom. The van der Waals surface area contributed by atoms with E-state index in [0.717, 1.165) is 10.6 Å². The zero-order chi connectivity index (χ0) is 24.9. The molecule has 0 spiro atoms. The van der Waals surface area contributed by atoms with Gasteiger partial charge >= 0.3 is 5.97 Å². The van der Waals surface area contributed by atoms with E-state index < -0.39 is 40.1 Å². The molecule has 1 aromatic carbocycles. The zero-order valence-corrected chi connectivity index (χ0v) is 19.5. The second kappa shape index (κ2) is 10.6. The van der Waals surface area contributed by atoms with Gasteiger partial charge in [-0.05, 0) is 42.3 Å². The average molecular weight is 480 g/mol. The van der Waals surface area contributed by atoms with Gasteiger partial charge in [-0.3, -0.25) is 9.59 Å². The SMILES string of the molecule is CC(C)c1nc(N(C)S(C)(=O)=O)nc(-c2ccc(F)cc2)c1C=CC(=O)C[C@@H](O)CC(=O)O. The van der Waals surface area contributed by atoms with Crippen LogP contribution in [0, 0.1) is 5.82 Å². The number of allylic oxidation sites excluding steroid dienone is 1. The van der Waals surface area contributed by atoms with Gasteiger partial charge in [0, 0.05) is 24.6 Å². The Morgan fingerprint density at radius 2 is 1.76 bits per heavy atom. The molecule has 2 aromatic rings. The molecule has 1 aromatic heterocycles. The lowest BCUT2D eigenvalue weighted by atomic mass is 9.97. The molecular weight excluding hydrogens is 453 g/mol. The Kier molecular flexibility index (Phi) is 8.39. The third-order valence-electron chi connectivity index (χ3n) is 4.69. The Morgan fingerprint density at radius 1 is 1.15 bits per heavy atom. The highest BCUT2D eigenvalue weighted by Crippen LogP contribution is 2.31. The summed E-state index contributed by atoms with van der Waals surface area (Å²) in [7, 11) is -2.35. The fourth-order valence-electron chi connectivity index (χ4n) is 2.95. The molecule has 1 heterocycles. The molecule has 0 aliphatic heterocycles. The number of aliphatic hydroxyl groups is 1. The summed E-state index contributed by atoms with van der Waals surface area (Å²) in [5.74, 6) is -2.49. The molecule has 0 aliphatic rings. The Balaban J connectivity index is 2.62. The van der Waals surface area contributed by atoms with Crippen LogP contribution in [0.4, 0.5) is 10.3 Å². The van der Waals surface area contributed by atoms with Gasteiger partial charge in [0.25, 0.3) is 0 Å². The summed E-state index contributed by atoms with van der Waals surface area (Å²) in [6.07, 6.45) is 1.35. The molecule has 0 radical (unpaired) electrons. The number of ketones is 1. The van der Waals surface area contributed by atoms with Gasteiger partial charge in [0.2, 0.25) is 16.0 Å². The van der Waals surface area contributed by atoms with Crippen molar-refractivity contribution in [2.24, 2.45) is 0 Å². The number of aliphatic carboxylic acids is 1. The molecule has 9 nitrogen and oxygen atoms in total. The molecule has 2 rings (SSSR count). The molecule has 0 amide bonds. The molecule has 0 unspecified atom stereocenters. The summed E-state index contributed by atoms with van der Waals surface area (Å²) in [6.45, 7) is 3.66. The van der Waals surface area contributed by atoms with Crippen LogP contribution in [-0.4, -0.2) is 59.8 Å². The molecule has 0 saturated carbocycles. The van der Waals surface area contributed by atoms with Gasteiger partial charge in [0.1, 0.15) is 5.82 Å². The van der Waals surface area contributed by atoms with Crippen molar-refractivity contribution in [1.29, 1.82) is 0 Å². The molecule has 1 atom stereocenters. The molecule has 11 heteroatoms. The van der Waals surface area contributed by atoms with Gasteiger partial charge in [-0.25, -0.2) is 27.1 Å². The van der Waals surface area contributed by atoms with E-state index >= 15 is 0 Å². The quantitative estimate of drug-likeness (QED) is 0.496. The number of benzene rings is 1. The van der Waals surface area contributed by atoms with E-state index in [1.54, 1.807) is 0 Å². The summed E-state index contributed by atoms with van der Waals surface area (Å²) in [4.78, 5) is 31.7. The molecule has 33 heavy (non-hydrogen) atoms. The third kappa shape index (κ3) is 7.16.